The fraction of sp³-hybridized carbons (Fsp3) is 0.667. The Kier molecular flexibility index (Phi) is 7.71. The second kappa shape index (κ2) is 8.06. The molecule has 0 rings (SSSR count). The van der Waals surface area contributed by atoms with Gasteiger partial charge in [0.05, 0.1) is 6.10 Å². The zero-order valence-corrected chi connectivity index (χ0v) is 9.09. The third-order valence-electron chi connectivity index (χ3n) is 2.06. The quantitative estimate of drug-likeness (QED) is 0.624. The lowest BCUT2D eigenvalue weighted by Gasteiger charge is -2.09. The molecular weight excluding hydrogens is 160 g/mol. The van der Waals surface area contributed by atoms with E-state index in [1.807, 2.05) is 6.92 Å². The van der Waals surface area contributed by atoms with Crippen molar-refractivity contribution in [2.45, 2.75) is 52.6 Å². The molecule has 1 unspecified atom stereocenters. The lowest BCUT2D eigenvalue weighted by atomic mass is 10.1. The first kappa shape index (κ1) is 12.4. The van der Waals surface area contributed by atoms with Crippen LogP contribution in [0.5, 0.6) is 0 Å². The molecule has 1 nitrogen and oxygen atoms in total. The second-order valence-corrected chi connectivity index (χ2v) is 3.33. The van der Waals surface area contributed by atoms with Gasteiger partial charge in [-0.15, -0.1) is 0 Å². The normalized spacial score (nSPS) is 15.2. The van der Waals surface area contributed by atoms with E-state index in [9.17, 15) is 5.11 Å². The van der Waals surface area contributed by atoms with Crippen molar-refractivity contribution in [2.75, 3.05) is 0 Å². The monoisotopic (exact) mass is 182 g/mol. The maximum atomic E-state index is 9.65. The third kappa shape index (κ3) is 6.59. The van der Waals surface area contributed by atoms with Gasteiger partial charge in [-0.3, -0.25) is 0 Å². The van der Waals surface area contributed by atoms with E-state index in [-0.39, 0.29) is 6.10 Å². The van der Waals surface area contributed by atoms with Crippen LogP contribution in [-0.4, -0.2) is 11.2 Å². The Hall–Kier alpha value is -0.560. The zero-order chi connectivity index (χ0) is 10.1. The largest absolute Gasteiger partial charge is 0.389 e. The lowest BCUT2D eigenvalue weighted by Crippen LogP contribution is -2.07. The highest BCUT2D eigenvalue weighted by Gasteiger charge is 2.03. The summed E-state index contributed by atoms with van der Waals surface area (Å²) in [6.07, 6.45) is 10.0. The Bertz CT molecular complexity index is 168. The first-order valence-electron chi connectivity index (χ1n) is 5.22. The van der Waals surface area contributed by atoms with Crippen LogP contribution in [0, 0.1) is 0 Å². The van der Waals surface area contributed by atoms with Crippen LogP contribution in [0.15, 0.2) is 23.8 Å². The minimum atomic E-state index is -0.249. The summed E-state index contributed by atoms with van der Waals surface area (Å²) in [4.78, 5) is 0. The van der Waals surface area contributed by atoms with Crippen LogP contribution >= 0.6 is 0 Å². The van der Waals surface area contributed by atoms with Crippen molar-refractivity contribution in [1.29, 1.82) is 0 Å². The van der Waals surface area contributed by atoms with E-state index in [0.29, 0.717) is 0 Å². The SMILES string of the molecule is CCC=CCCC(O)C(C)=CCC. The highest BCUT2D eigenvalue weighted by Crippen LogP contribution is 2.09. The van der Waals surface area contributed by atoms with Crippen LogP contribution < -0.4 is 0 Å². The molecule has 76 valence electrons. The van der Waals surface area contributed by atoms with E-state index in [2.05, 4.69) is 32.1 Å². The number of allylic oxidation sites excluding steroid dienone is 3. The van der Waals surface area contributed by atoms with Gasteiger partial charge >= 0.3 is 0 Å². The molecule has 0 aliphatic carbocycles. The Balaban J connectivity index is 3.67. The average molecular weight is 182 g/mol. The van der Waals surface area contributed by atoms with Gasteiger partial charge in [0, 0.05) is 0 Å². The Morgan fingerprint density at radius 3 is 2.46 bits per heavy atom. The van der Waals surface area contributed by atoms with Gasteiger partial charge in [0.1, 0.15) is 0 Å². The molecule has 0 radical (unpaired) electrons. The van der Waals surface area contributed by atoms with E-state index in [0.717, 1.165) is 31.3 Å². The van der Waals surface area contributed by atoms with Crippen molar-refractivity contribution < 1.29 is 5.11 Å². The summed E-state index contributed by atoms with van der Waals surface area (Å²) in [5.41, 5.74) is 1.10. The topological polar surface area (TPSA) is 20.2 Å². The molecule has 0 aromatic heterocycles. The summed E-state index contributed by atoms with van der Waals surface area (Å²) in [5, 5.41) is 9.65. The molecule has 0 bridgehead atoms. The first-order chi connectivity index (χ1) is 6.22. The van der Waals surface area contributed by atoms with Crippen LogP contribution in [0.2, 0.25) is 0 Å². The number of rotatable bonds is 6. The van der Waals surface area contributed by atoms with Crippen molar-refractivity contribution in [3.8, 4) is 0 Å². The van der Waals surface area contributed by atoms with Gasteiger partial charge in [0.25, 0.3) is 0 Å². The van der Waals surface area contributed by atoms with E-state index >= 15 is 0 Å². The van der Waals surface area contributed by atoms with E-state index in [1.54, 1.807) is 0 Å². The smallest absolute Gasteiger partial charge is 0.0750 e. The van der Waals surface area contributed by atoms with Crippen molar-refractivity contribution in [2.24, 2.45) is 0 Å². The predicted molar refractivity (Wildman–Crippen MR) is 58.7 cm³/mol. The summed E-state index contributed by atoms with van der Waals surface area (Å²) in [5.74, 6) is 0. The maximum Gasteiger partial charge on any atom is 0.0750 e. The van der Waals surface area contributed by atoms with Crippen molar-refractivity contribution in [3.05, 3.63) is 23.8 Å². The molecule has 1 atom stereocenters. The first-order valence-corrected chi connectivity index (χ1v) is 5.22. The maximum absolute atomic E-state index is 9.65. The van der Waals surface area contributed by atoms with Gasteiger partial charge in [-0.05, 0) is 38.2 Å². The summed E-state index contributed by atoms with van der Waals surface area (Å²) >= 11 is 0. The molecular formula is C12H22O. The second-order valence-electron chi connectivity index (χ2n) is 3.33. The Labute approximate surface area is 82.2 Å². The number of hydrogen-bond acceptors (Lipinski definition) is 1. The molecule has 1 N–H and O–H groups in total. The molecule has 13 heavy (non-hydrogen) atoms. The minimum absolute atomic E-state index is 0.249. The lowest BCUT2D eigenvalue weighted by molar-refractivity contribution is 0.201. The summed E-state index contributed by atoms with van der Waals surface area (Å²) in [6, 6.07) is 0. The number of hydrogen-bond donors (Lipinski definition) is 1. The van der Waals surface area contributed by atoms with Gasteiger partial charge in [-0.2, -0.15) is 0 Å². The molecule has 1 heteroatoms. The Morgan fingerprint density at radius 1 is 1.23 bits per heavy atom. The highest BCUT2D eigenvalue weighted by atomic mass is 16.3. The number of aliphatic hydroxyl groups is 1. The van der Waals surface area contributed by atoms with Crippen LogP contribution in [0.1, 0.15) is 46.5 Å². The fourth-order valence-corrected chi connectivity index (χ4v) is 1.22. The van der Waals surface area contributed by atoms with Gasteiger partial charge < -0.3 is 5.11 Å². The van der Waals surface area contributed by atoms with Crippen LogP contribution in [0.3, 0.4) is 0 Å². The third-order valence-corrected chi connectivity index (χ3v) is 2.06. The molecule has 0 aromatic rings. The van der Waals surface area contributed by atoms with E-state index < -0.39 is 0 Å². The molecule has 0 saturated heterocycles. The molecule has 0 fully saturated rings. The van der Waals surface area contributed by atoms with Crippen molar-refractivity contribution in [3.63, 3.8) is 0 Å². The van der Waals surface area contributed by atoms with Gasteiger partial charge in [0.2, 0.25) is 0 Å². The minimum Gasteiger partial charge on any atom is -0.389 e. The molecule has 0 spiro atoms. The fourth-order valence-electron chi connectivity index (χ4n) is 1.22. The number of aliphatic hydroxyl groups excluding tert-OH is 1. The summed E-state index contributed by atoms with van der Waals surface area (Å²) in [7, 11) is 0. The zero-order valence-electron chi connectivity index (χ0n) is 9.09. The molecule has 0 aliphatic rings. The molecule has 0 amide bonds. The molecule has 0 heterocycles. The van der Waals surface area contributed by atoms with Crippen molar-refractivity contribution >= 4 is 0 Å². The standard InChI is InChI=1S/C12H22O/c1-4-6-7-8-10-12(13)11(3)9-5-2/h6-7,9,12-13H,4-5,8,10H2,1-3H3. The molecule has 0 saturated carbocycles. The van der Waals surface area contributed by atoms with Gasteiger partial charge in [-0.1, -0.05) is 32.1 Å². The average Bonchev–Trinajstić information content (AvgIpc) is 2.12. The Morgan fingerprint density at radius 2 is 1.92 bits per heavy atom. The predicted octanol–water partition coefficient (Wildman–Crippen LogP) is 3.45. The van der Waals surface area contributed by atoms with Gasteiger partial charge in [-0.25, -0.2) is 0 Å². The van der Waals surface area contributed by atoms with E-state index in [1.165, 1.54) is 0 Å². The summed E-state index contributed by atoms with van der Waals surface area (Å²) in [6.45, 7) is 6.21. The van der Waals surface area contributed by atoms with Gasteiger partial charge in [0.15, 0.2) is 0 Å². The van der Waals surface area contributed by atoms with Crippen LogP contribution in [0.4, 0.5) is 0 Å². The molecule has 0 aromatic carbocycles. The van der Waals surface area contributed by atoms with Crippen molar-refractivity contribution in [1.82, 2.24) is 0 Å². The van der Waals surface area contributed by atoms with Crippen LogP contribution in [0.25, 0.3) is 0 Å². The van der Waals surface area contributed by atoms with E-state index in [4.69, 9.17) is 0 Å². The molecule has 0 aliphatic heterocycles. The summed E-state index contributed by atoms with van der Waals surface area (Å²) < 4.78 is 0. The van der Waals surface area contributed by atoms with Crippen LogP contribution in [-0.2, 0) is 0 Å². The highest BCUT2D eigenvalue weighted by molar-refractivity contribution is 5.04.